The topological polar surface area (TPSA) is 58.6 Å². The molecule has 0 bridgehead atoms. The minimum absolute atomic E-state index is 0.146. The highest BCUT2D eigenvalue weighted by molar-refractivity contribution is 5.83. The first-order chi connectivity index (χ1) is 13.6. The van der Waals surface area contributed by atoms with Crippen molar-refractivity contribution in [2.24, 2.45) is 11.3 Å². The van der Waals surface area contributed by atoms with E-state index in [0.717, 1.165) is 12.0 Å². The van der Waals surface area contributed by atoms with E-state index in [1.807, 2.05) is 20.8 Å². The Hall–Kier alpha value is -2.04. The molecule has 3 rings (SSSR count). The van der Waals surface area contributed by atoms with Gasteiger partial charge in [-0.1, -0.05) is 42.2 Å². The first-order valence-electron chi connectivity index (χ1n) is 10.9. The molecule has 5 nitrogen and oxygen atoms in total. The number of aryl methyl sites for hydroxylation is 2. The number of nitrogens with zero attached hydrogens (tertiary/aromatic N) is 1. The summed E-state index contributed by atoms with van der Waals surface area (Å²) in [7, 11) is 0. The number of nitrogens with one attached hydrogen (secondary N) is 1. The highest BCUT2D eigenvalue weighted by Gasteiger charge is 2.45. The van der Waals surface area contributed by atoms with E-state index in [9.17, 15) is 9.59 Å². The van der Waals surface area contributed by atoms with Crippen LogP contribution in [0.3, 0.4) is 0 Å². The van der Waals surface area contributed by atoms with E-state index in [4.69, 9.17) is 4.74 Å². The van der Waals surface area contributed by atoms with Crippen LogP contribution in [0.5, 0.6) is 0 Å². The van der Waals surface area contributed by atoms with Gasteiger partial charge >= 0.3 is 6.09 Å². The molecule has 1 aliphatic carbocycles. The maximum absolute atomic E-state index is 13.3. The number of likely N-dealkylation sites (tertiary alicyclic amines) is 1. The van der Waals surface area contributed by atoms with Gasteiger partial charge in [0.05, 0.1) is 5.41 Å². The summed E-state index contributed by atoms with van der Waals surface area (Å²) in [4.78, 5) is 27.5. The molecule has 1 aromatic carbocycles. The van der Waals surface area contributed by atoms with Crippen molar-refractivity contribution in [2.45, 2.75) is 78.9 Å². The summed E-state index contributed by atoms with van der Waals surface area (Å²) in [6.07, 6.45) is 4.54. The lowest BCUT2D eigenvalue weighted by atomic mass is 9.73. The number of hydrogen-bond acceptors (Lipinski definition) is 3. The first-order valence-corrected chi connectivity index (χ1v) is 10.9. The first kappa shape index (κ1) is 21.7. The van der Waals surface area contributed by atoms with Crippen LogP contribution in [0, 0.1) is 25.2 Å². The van der Waals surface area contributed by atoms with E-state index in [1.165, 1.54) is 24.0 Å². The van der Waals surface area contributed by atoms with Crippen molar-refractivity contribution in [1.29, 1.82) is 0 Å². The zero-order valence-electron chi connectivity index (χ0n) is 18.6. The van der Waals surface area contributed by atoms with Crippen LogP contribution in [0.4, 0.5) is 4.79 Å². The molecular weight excluding hydrogens is 364 g/mol. The standard InChI is InChI=1S/C24H36N2O3/c1-17-12-18(2)14-20(13-17)16-25-21(27)24(15-19-6-7-19)8-10-26(11-9-24)22(28)29-23(3,4)5/h12-14,19H,6-11,15-16H2,1-5H3,(H,25,27). The number of piperidine rings is 1. The Kier molecular flexibility index (Phi) is 6.25. The van der Waals surface area contributed by atoms with Crippen molar-refractivity contribution < 1.29 is 14.3 Å². The largest absolute Gasteiger partial charge is 0.444 e. The number of ether oxygens (including phenoxy) is 1. The fourth-order valence-corrected chi connectivity index (χ4v) is 4.38. The Morgan fingerprint density at radius 3 is 2.21 bits per heavy atom. The maximum Gasteiger partial charge on any atom is 0.410 e. The van der Waals surface area contributed by atoms with Gasteiger partial charge in [-0.2, -0.15) is 0 Å². The summed E-state index contributed by atoms with van der Waals surface area (Å²) >= 11 is 0. The van der Waals surface area contributed by atoms with Crippen LogP contribution in [-0.2, 0) is 16.1 Å². The van der Waals surface area contributed by atoms with Crippen molar-refractivity contribution in [3.05, 3.63) is 34.9 Å². The van der Waals surface area contributed by atoms with E-state index in [0.29, 0.717) is 38.4 Å². The second-order valence-electron chi connectivity index (χ2n) is 10.1. The number of amides is 2. The summed E-state index contributed by atoms with van der Waals surface area (Å²) < 4.78 is 5.51. The number of carbonyl (C=O) groups is 2. The van der Waals surface area contributed by atoms with Crippen LogP contribution in [0.2, 0.25) is 0 Å². The molecule has 1 heterocycles. The van der Waals surface area contributed by atoms with Gasteiger partial charge in [0, 0.05) is 19.6 Å². The Bertz CT molecular complexity index is 734. The predicted molar refractivity (Wildman–Crippen MR) is 115 cm³/mol. The quantitative estimate of drug-likeness (QED) is 0.777. The molecule has 1 saturated heterocycles. The molecule has 1 saturated carbocycles. The summed E-state index contributed by atoms with van der Waals surface area (Å²) in [5, 5.41) is 3.21. The summed E-state index contributed by atoms with van der Waals surface area (Å²) in [5.74, 6) is 0.808. The van der Waals surface area contributed by atoms with Gasteiger partial charge in [-0.25, -0.2) is 4.79 Å². The Morgan fingerprint density at radius 2 is 1.69 bits per heavy atom. The van der Waals surface area contributed by atoms with Crippen LogP contribution < -0.4 is 5.32 Å². The molecule has 0 unspecified atom stereocenters. The highest BCUT2D eigenvalue weighted by Crippen LogP contribution is 2.46. The molecule has 29 heavy (non-hydrogen) atoms. The van der Waals surface area contributed by atoms with E-state index in [-0.39, 0.29) is 17.4 Å². The Labute approximate surface area is 175 Å². The fraction of sp³-hybridized carbons (Fsp3) is 0.667. The molecule has 2 aliphatic rings. The van der Waals surface area contributed by atoms with Gasteiger partial charge in [-0.3, -0.25) is 4.79 Å². The van der Waals surface area contributed by atoms with Crippen molar-refractivity contribution in [2.75, 3.05) is 13.1 Å². The predicted octanol–water partition coefficient (Wildman–Crippen LogP) is 4.74. The molecule has 1 N–H and O–H groups in total. The van der Waals surface area contributed by atoms with Gasteiger partial charge in [0.15, 0.2) is 0 Å². The third-order valence-corrected chi connectivity index (χ3v) is 5.96. The van der Waals surface area contributed by atoms with Gasteiger partial charge in [-0.05, 0) is 65.4 Å². The van der Waals surface area contributed by atoms with E-state index in [2.05, 4.69) is 37.4 Å². The van der Waals surface area contributed by atoms with Gasteiger partial charge in [0.2, 0.25) is 5.91 Å². The van der Waals surface area contributed by atoms with Crippen molar-refractivity contribution in [3.63, 3.8) is 0 Å². The molecule has 0 spiro atoms. The molecule has 0 radical (unpaired) electrons. The molecule has 1 aliphatic heterocycles. The molecule has 0 atom stereocenters. The van der Waals surface area contributed by atoms with Crippen molar-refractivity contribution in [3.8, 4) is 0 Å². The zero-order valence-corrected chi connectivity index (χ0v) is 18.6. The lowest BCUT2D eigenvalue weighted by Gasteiger charge is -2.41. The van der Waals surface area contributed by atoms with Gasteiger partial charge in [0.1, 0.15) is 5.60 Å². The number of carbonyl (C=O) groups excluding carboxylic acids is 2. The van der Waals surface area contributed by atoms with Crippen LogP contribution in [0.15, 0.2) is 18.2 Å². The normalized spacial score (nSPS) is 19.0. The average molecular weight is 401 g/mol. The zero-order chi connectivity index (χ0) is 21.2. The smallest absolute Gasteiger partial charge is 0.410 e. The lowest BCUT2D eigenvalue weighted by Crippen LogP contribution is -2.51. The summed E-state index contributed by atoms with van der Waals surface area (Å²) in [5.41, 5.74) is 2.71. The number of hydrogen-bond donors (Lipinski definition) is 1. The Balaban J connectivity index is 1.63. The SMILES string of the molecule is Cc1cc(C)cc(CNC(=O)C2(CC3CC3)CCN(C(=O)OC(C)(C)C)CC2)c1. The second-order valence-corrected chi connectivity index (χ2v) is 10.1. The number of rotatable bonds is 5. The Morgan fingerprint density at radius 1 is 1.10 bits per heavy atom. The summed E-state index contributed by atoms with van der Waals surface area (Å²) in [6, 6.07) is 6.41. The van der Waals surface area contributed by atoms with Crippen LogP contribution >= 0.6 is 0 Å². The monoisotopic (exact) mass is 400 g/mol. The fourth-order valence-electron chi connectivity index (χ4n) is 4.38. The van der Waals surface area contributed by atoms with E-state index < -0.39 is 5.60 Å². The van der Waals surface area contributed by atoms with Crippen LogP contribution in [0.1, 0.15) is 69.6 Å². The molecule has 5 heteroatoms. The molecule has 1 aromatic rings. The minimum Gasteiger partial charge on any atom is -0.444 e. The molecule has 160 valence electrons. The van der Waals surface area contributed by atoms with Gasteiger partial charge in [0.25, 0.3) is 0 Å². The van der Waals surface area contributed by atoms with Crippen LogP contribution in [-0.4, -0.2) is 35.6 Å². The third-order valence-electron chi connectivity index (χ3n) is 5.96. The average Bonchev–Trinajstić information content (AvgIpc) is 3.41. The third kappa shape index (κ3) is 5.97. The number of benzene rings is 1. The minimum atomic E-state index is -0.497. The van der Waals surface area contributed by atoms with Gasteiger partial charge < -0.3 is 15.0 Å². The molecule has 2 fully saturated rings. The van der Waals surface area contributed by atoms with Crippen molar-refractivity contribution >= 4 is 12.0 Å². The molecule has 0 aromatic heterocycles. The maximum atomic E-state index is 13.3. The lowest BCUT2D eigenvalue weighted by molar-refractivity contribution is -0.135. The van der Waals surface area contributed by atoms with Gasteiger partial charge in [-0.15, -0.1) is 0 Å². The highest BCUT2D eigenvalue weighted by atomic mass is 16.6. The summed E-state index contributed by atoms with van der Waals surface area (Å²) in [6.45, 7) is 11.5. The second kappa shape index (κ2) is 8.37. The van der Waals surface area contributed by atoms with Crippen molar-refractivity contribution in [1.82, 2.24) is 10.2 Å². The molecule has 2 amide bonds. The van der Waals surface area contributed by atoms with Crippen LogP contribution in [0.25, 0.3) is 0 Å². The molecular formula is C24H36N2O3. The van der Waals surface area contributed by atoms with E-state index in [1.54, 1.807) is 4.90 Å². The van der Waals surface area contributed by atoms with E-state index >= 15 is 0 Å².